The molecule has 0 saturated heterocycles. The molecule has 6 nitrogen and oxygen atoms in total. The first-order chi connectivity index (χ1) is 9.45. The molecule has 0 aliphatic carbocycles. The van der Waals surface area contributed by atoms with Crippen LogP contribution in [0.4, 0.5) is 0 Å². The maximum atomic E-state index is 12.0. The second kappa shape index (κ2) is 9.96. The Balaban J connectivity index is 0.00000400. The van der Waals surface area contributed by atoms with Crippen LogP contribution in [0.1, 0.15) is 18.9 Å². The number of aliphatic imine (C=N–C) groups is 1. The molecule has 1 aromatic carbocycles. The summed E-state index contributed by atoms with van der Waals surface area (Å²) in [5.74, 6) is 0.335. The van der Waals surface area contributed by atoms with Crippen molar-refractivity contribution in [3.05, 3.63) is 29.8 Å². The van der Waals surface area contributed by atoms with Gasteiger partial charge in [-0.1, -0.05) is 24.6 Å². The largest absolute Gasteiger partial charge is 0.370 e. The normalized spacial score (nSPS) is 11.8. The molecule has 0 unspecified atom stereocenters. The van der Waals surface area contributed by atoms with Crippen LogP contribution in [0.15, 0.2) is 34.2 Å². The molecule has 120 valence electrons. The van der Waals surface area contributed by atoms with E-state index in [0.717, 1.165) is 12.0 Å². The fraction of sp³-hybridized carbons (Fsp3) is 0.462. The fourth-order valence-corrected chi connectivity index (χ4v) is 2.50. The molecule has 1 rings (SSSR count). The first-order valence-electron chi connectivity index (χ1n) is 6.56. The van der Waals surface area contributed by atoms with E-state index in [-0.39, 0.29) is 35.4 Å². The zero-order chi connectivity index (χ0) is 15.0. The molecule has 0 saturated carbocycles. The first-order valence-corrected chi connectivity index (χ1v) is 8.04. The lowest BCUT2D eigenvalue weighted by molar-refractivity contribution is 0.581. The van der Waals surface area contributed by atoms with E-state index in [1.165, 1.54) is 0 Å². The number of nitrogens with one attached hydrogen (secondary N) is 2. The minimum Gasteiger partial charge on any atom is -0.370 e. The SMILES string of the molecule is CCCN=C(N)NCCNS(=O)(=O)c1ccc(C)cc1.I. The lowest BCUT2D eigenvalue weighted by Crippen LogP contribution is -2.38. The van der Waals surface area contributed by atoms with Crippen LogP contribution in [0.5, 0.6) is 0 Å². The zero-order valence-corrected chi connectivity index (χ0v) is 15.4. The third-order valence-electron chi connectivity index (χ3n) is 2.56. The van der Waals surface area contributed by atoms with Gasteiger partial charge in [0.05, 0.1) is 4.90 Å². The smallest absolute Gasteiger partial charge is 0.240 e. The molecule has 1 aromatic rings. The Morgan fingerprint density at radius 2 is 1.86 bits per heavy atom. The summed E-state index contributed by atoms with van der Waals surface area (Å²) >= 11 is 0. The number of aryl methyl sites for hydroxylation is 1. The van der Waals surface area contributed by atoms with Gasteiger partial charge >= 0.3 is 0 Å². The van der Waals surface area contributed by atoms with Crippen LogP contribution in [-0.4, -0.2) is 34.0 Å². The average molecular weight is 426 g/mol. The summed E-state index contributed by atoms with van der Waals surface area (Å²) in [7, 11) is -3.46. The number of nitrogens with zero attached hydrogens (tertiary/aromatic N) is 1. The van der Waals surface area contributed by atoms with E-state index in [9.17, 15) is 8.42 Å². The minimum atomic E-state index is -3.46. The van der Waals surface area contributed by atoms with Gasteiger partial charge in [0.25, 0.3) is 0 Å². The summed E-state index contributed by atoms with van der Waals surface area (Å²) < 4.78 is 26.4. The van der Waals surface area contributed by atoms with E-state index in [2.05, 4.69) is 15.0 Å². The van der Waals surface area contributed by atoms with Gasteiger partial charge in [-0.05, 0) is 25.5 Å². The van der Waals surface area contributed by atoms with E-state index in [1.54, 1.807) is 24.3 Å². The highest BCUT2D eigenvalue weighted by Crippen LogP contribution is 2.09. The number of benzene rings is 1. The molecule has 21 heavy (non-hydrogen) atoms. The highest BCUT2D eigenvalue weighted by molar-refractivity contribution is 14.0. The van der Waals surface area contributed by atoms with Crippen LogP contribution < -0.4 is 15.8 Å². The molecule has 0 aliphatic heterocycles. The topological polar surface area (TPSA) is 96.6 Å². The molecule has 0 heterocycles. The Labute approximate surface area is 143 Å². The van der Waals surface area contributed by atoms with Crippen LogP contribution >= 0.6 is 24.0 Å². The Bertz CT molecular complexity index is 544. The van der Waals surface area contributed by atoms with E-state index < -0.39 is 10.0 Å². The Morgan fingerprint density at radius 1 is 1.24 bits per heavy atom. The number of nitrogens with two attached hydrogens (primary N) is 1. The number of halogens is 1. The molecule has 0 fully saturated rings. The number of guanidine groups is 1. The summed E-state index contributed by atoms with van der Waals surface area (Å²) in [6.07, 6.45) is 0.919. The van der Waals surface area contributed by atoms with Crippen LogP contribution in [0.3, 0.4) is 0 Å². The lowest BCUT2D eigenvalue weighted by atomic mass is 10.2. The highest BCUT2D eigenvalue weighted by Gasteiger charge is 2.12. The molecule has 0 bridgehead atoms. The molecule has 0 atom stereocenters. The summed E-state index contributed by atoms with van der Waals surface area (Å²) in [6, 6.07) is 6.70. The van der Waals surface area contributed by atoms with Crippen molar-refractivity contribution in [1.82, 2.24) is 10.0 Å². The Hall–Kier alpha value is -0.870. The maximum Gasteiger partial charge on any atom is 0.240 e. The third kappa shape index (κ3) is 7.63. The van der Waals surface area contributed by atoms with Crippen molar-refractivity contribution in [2.45, 2.75) is 25.2 Å². The molecule has 0 amide bonds. The Kier molecular flexibility index (Phi) is 9.54. The summed E-state index contributed by atoms with van der Waals surface area (Å²) in [5.41, 5.74) is 6.62. The van der Waals surface area contributed by atoms with Crippen LogP contribution in [0, 0.1) is 6.92 Å². The van der Waals surface area contributed by atoms with Gasteiger partial charge < -0.3 is 11.1 Å². The average Bonchev–Trinajstić information content (AvgIpc) is 2.42. The number of hydrogen-bond donors (Lipinski definition) is 3. The molecule has 8 heteroatoms. The van der Waals surface area contributed by atoms with E-state index in [0.29, 0.717) is 19.0 Å². The molecule has 4 N–H and O–H groups in total. The molecular formula is C13H23IN4O2S. The van der Waals surface area contributed by atoms with Crippen molar-refractivity contribution in [3.8, 4) is 0 Å². The van der Waals surface area contributed by atoms with Crippen molar-refractivity contribution in [2.75, 3.05) is 19.6 Å². The molecular weight excluding hydrogens is 403 g/mol. The van der Waals surface area contributed by atoms with Crippen molar-refractivity contribution in [3.63, 3.8) is 0 Å². The van der Waals surface area contributed by atoms with Gasteiger partial charge in [0.2, 0.25) is 10.0 Å². The fourth-order valence-electron chi connectivity index (χ4n) is 1.46. The van der Waals surface area contributed by atoms with E-state index in [4.69, 9.17) is 5.73 Å². The second-order valence-corrected chi connectivity index (χ2v) is 6.17. The van der Waals surface area contributed by atoms with Crippen LogP contribution in [-0.2, 0) is 10.0 Å². The number of rotatable bonds is 7. The third-order valence-corrected chi connectivity index (χ3v) is 4.04. The summed E-state index contributed by atoms with van der Waals surface area (Å²) in [5, 5.41) is 2.85. The van der Waals surface area contributed by atoms with Gasteiger partial charge in [0, 0.05) is 19.6 Å². The van der Waals surface area contributed by atoms with E-state index >= 15 is 0 Å². The van der Waals surface area contributed by atoms with Crippen LogP contribution in [0.2, 0.25) is 0 Å². The monoisotopic (exact) mass is 426 g/mol. The van der Waals surface area contributed by atoms with Gasteiger partial charge in [-0.15, -0.1) is 24.0 Å². The molecule has 0 spiro atoms. The predicted octanol–water partition coefficient (Wildman–Crippen LogP) is 1.21. The van der Waals surface area contributed by atoms with Gasteiger partial charge in [-0.25, -0.2) is 13.1 Å². The quantitative estimate of drug-likeness (QED) is 0.264. The molecule has 0 aliphatic rings. The maximum absolute atomic E-state index is 12.0. The second-order valence-electron chi connectivity index (χ2n) is 4.40. The first kappa shape index (κ1) is 20.1. The number of sulfonamides is 1. The Morgan fingerprint density at radius 3 is 2.43 bits per heavy atom. The van der Waals surface area contributed by atoms with Crippen molar-refractivity contribution in [2.24, 2.45) is 10.7 Å². The van der Waals surface area contributed by atoms with Gasteiger partial charge in [0.15, 0.2) is 5.96 Å². The lowest BCUT2D eigenvalue weighted by Gasteiger charge is -2.08. The van der Waals surface area contributed by atoms with Gasteiger partial charge in [0.1, 0.15) is 0 Å². The summed E-state index contributed by atoms with van der Waals surface area (Å²) in [6.45, 7) is 5.22. The highest BCUT2D eigenvalue weighted by atomic mass is 127. The summed E-state index contributed by atoms with van der Waals surface area (Å²) in [4.78, 5) is 4.31. The van der Waals surface area contributed by atoms with Crippen molar-refractivity contribution >= 4 is 40.0 Å². The predicted molar refractivity (Wildman–Crippen MR) is 96.6 cm³/mol. The van der Waals surface area contributed by atoms with Crippen LogP contribution in [0.25, 0.3) is 0 Å². The van der Waals surface area contributed by atoms with Gasteiger partial charge in [-0.2, -0.15) is 0 Å². The molecule has 0 radical (unpaired) electrons. The minimum absolute atomic E-state index is 0. The van der Waals surface area contributed by atoms with Crippen molar-refractivity contribution in [1.29, 1.82) is 0 Å². The standard InChI is InChI=1S/C13H22N4O2S.HI/c1-3-8-15-13(14)16-9-10-17-20(18,19)12-6-4-11(2)5-7-12;/h4-7,17H,3,8-10H2,1-2H3,(H3,14,15,16);1H. The van der Waals surface area contributed by atoms with E-state index in [1.807, 2.05) is 13.8 Å². The zero-order valence-electron chi connectivity index (χ0n) is 12.3. The van der Waals surface area contributed by atoms with Crippen molar-refractivity contribution < 1.29 is 8.42 Å². The van der Waals surface area contributed by atoms with Gasteiger partial charge in [-0.3, -0.25) is 4.99 Å². The number of hydrogen-bond acceptors (Lipinski definition) is 3. The molecule has 0 aromatic heterocycles.